The number of aliphatic hydroxyl groups is 1. The lowest BCUT2D eigenvalue weighted by Crippen LogP contribution is -2.31. The average Bonchev–Trinajstić information content (AvgIpc) is 3.08. The maximum atomic E-state index is 12.4. The Labute approximate surface area is 139 Å². The van der Waals surface area contributed by atoms with Crippen LogP contribution in [-0.2, 0) is 17.6 Å². The largest absolute Gasteiger partial charge is 0.391 e. The van der Waals surface area contributed by atoms with E-state index in [9.17, 15) is 9.90 Å². The van der Waals surface area contributed by atoms with Crippen LogP contribution >= 0.6 is 11.6 Å². The molecule has 0 aliphatic carbocycles. The molecule has 1 aromatic heterocycles. The summed E-state index contributed by atoms with van der Waals surface area (Å²) >= 11 is 6.10. The van der Waals surface area contributed by atoms with Crippen molar-refractivity contribution < 1.29 is 14.4 Å². The van der Waals surface area contributed by atoms with E-state index in [2.05, 4.69) is 5.16 Å². The first-order valence-electron chi connectivity index (χ1n) is 7.64. The van der Waals surface area contributed by atoms with Gasteiger partial charge in [-0.1, -0.05) is 35.0 Å². The number of benzene rings is 1. The van der Waals surface area contributed by atoms with Crippen LogP contribution in [-0.4, -0.2) is 40.3 Å². The molecular weight excluding hydrogens is 316 g/mol. The summed E-state index contributed by atoms with van der Waals surface area (Å²) in [5, 5.41) is 14.7. The van der Waals surface area contributed by atoms with Gasteiger partial charge in [-0.15, -0.1) is 0 Å². The van der Waals surface area contributed by atoms with Crippen LogP contribution in [0.2, 0.25) is 5.02 Å². The predicted octanol–water partition coefficient (Wildman–Crippen LogP) is 2.24. The zero-order chi connectivity index (χ0) is 16.4. The Morgan fingerprint density at radius 3 is 2.91 bits per heavy atom. The summed E-state index contributed by atoms with van der Waals surface area (Å²) < 4.78 is 5.20. The third-order valence-electron chi connectivity index (χ3n) is 4.20. The van der Waals surface area contributed by atoms with E-state index in [1.54, 1.807) is 11.0 Å². The number of hydrogen-bond acceptors (Lipinski definition) is 4. The molecule has 3 rings (SSSR count). The van der Waals surface area contributed by atoms with Gasteiger partial charge in [0.25, 0.3) is 0 Å². The van der Waals surface area contributed by atoms with Crippen molar-refractivity contribution in [3.63, 3.8) is 0 Å². The number of hydrogen-bond donors (Lipinski definition) is 1. The number of carbonyl (C=O) groups is 1. The van der Waals surface area contributed by atoms with Gasteiger partial charge in [0.1, 0.15) is 5.76 Å². The standard InChI is InChI=1S/C17H19ClN2O3/c1-11-6-14(23-19-11)7-13-9-20(10-16(13)21)17(22)8-12-4-2-3-5-15(12)18/h2-6,13,16,21H,7-10H2,1H3. The molecule has 2 aromatic rings. The Balaban J connectivity index is 1.61. The molecule has 1 aliphatic rings. The monoisotopic (exact) mass is 334 g/mol. The molecule has 122 valence electrons. The molecule has 6 heteroatoms. The van der Waals surface area contributed by atoms with Crippen LogP contribution in [0.5, 0.6) is 0 Å². The second kappa shape index (κ2) is 6.72. The third kappa shape index (κ3) is 3.74. The van der Waals surface area contributed by atoms with Crippen LogP contribution in [0, 0.1) is 12.8 Å². The summed E-state index contributed by atoms with van der Waals surface area (Å²) in [6, 6.07) is 9.19. The SMILES string of the molecule is Cc1cc(CC2CN(C(=O)Cc3ccccc3Cl)CC2O)on1. The third-order valence-corrected chi connectivity index (χ3v) is 4.57. The molecule has 1 fully saturated rings. The number of nitrogens with zero attached hydrogens (tertiary/aromatic N) is 2. The summed E-state index contributed by atoms with van der Waals surface area (Å²) in [4.78, 5) is 14.1. The Morgan fingerprint density at radius 1 is 1.43 bits per heavy atom. The van der Waals surface area contributed by atoms with Crippen molar-refractivity contribution in [2.24, 2.45) is 5.92 Å². The predicted molar refractivity (Wildman–Crippen MR) is 86.2 cm³/mol. The van der Waals surface area contributed by atoms with E-state index in [1.165, 1.54) is 0 Å². The molecule has 1 aliphatic heterocycles. The molecule has 1 N–H and O–H groups in total. The summed E-state index contributed by atoms with van der Waals surface area (Å²) in [7, 11) is 0. The van der Waals surface area contributed by atoms with E-state index in [1.807, 2.05) is 31.2 Å². The van der Waals surface area contributed by atoms with Crippen LogP contribution in [0.25, 0.3) is 0 Å². The number of halogens is 1. The highest BCUT2D eigenvalue weighted by atomic mass is 35.5. The second-order valence-electron chi connectivity index (χ2n) is 6.03. The highest BCUT2D eigenvalue weighted by Gasteiger charge is 2.34. The lowest BCUT2D eigenvalue weighted by molar-refractivity contribution is -0.129. The minimum atomic E-state index is -0.546. The second-order valence-corrected chi connectivity index (χ2v) is 6.44. The Hall–Kier alpha value is -1.85. The highest BCUT2D eigenvalue weighted by molar-refractivity contribution is 6.31. The van der Waals surface area contributed by atoms with Crippen LogP contribution < -0.4 is 0 Å². The van der Waals surface area contributed by atoms with E-state index in [4.69, 9.17) is 16.1 Å². The summed E-state index contributed by atoms with van der Waals surface area (Å²) in [6.45, 7) is 2.72. The first-order valence-corrected chi connectivity index (χ1v) is 8.02. The quantitative estimate of drug-likeness (QED) is 0.931. The molecular formula is C17H19ClN2O3. The minimum absolute atomic E-state index is 0.0200. The molecule has 0 saturated carbocycles. The average molecular weight is 335 g/mol. The van der Waals surface area contributed by atoms with Gasteiger partial charge in [-0.05, 0) is 18.6 Å². The van der Waals surface area contributed by atoms with Gasteiger partial charge < -0.3 is 14.5 Å². The number of aromatic nitrogens is 1. The van der Waals surface area contributed by atoms with Gasteiger partial charge in [-0.3, -0.25) is 4.79 Å². The van der Waals surface area contributed by atoms with E-state index in [0.29, 0.717) is 24.5 Å². The van der Waals surface area contributed by atoms with Crippen LogP contribution in [0.4, 0.5) is 0 Å². The molecule has 0 radical (unpaired) electrons. The lowest BCUT2D eigenvalue weighted by Gasteiger charge is -2.16. The first-order chi connectivity index (χ1) is 11.0. The molecule has 2 atom stereocenters. The van der Waals surface area contributed by atoms with Crippen molar-refractivity contribution in [1.29, 1.82) is 0 Å². The maximum absolute atomic E-state index is 12.4. The number of aryl methyl sites for hydroxylation is 1. The molecule has 1 saturated heterocycles. The number of β-amino-alcohol motifs (C(OH)–C–C–N with tert-alkyl or cyclic N) is 1. The minimum Gasteiger partial charge on any atom is -0.391 e. The number of rotatable bonds is 4. The lowest BCUT2D eigenvalue weighted by atomic mass is 10.0. The van der Waals surface area contributed by atoms with Crippen LogP contribution in [0.15, 0.2) is 34.9 Å². The van der Waals surface area contributed by atoms with Crippen molar-refractivity contribution in [3.8, 4) is 0 Å². The summed E-state index contributed by atoms with van der Waals surface area (Å²) in [6.07, 6.45) is 0.286. The normalized spacial score (nSPS) is 20.9. The zero-order valence-corrected chi connectivity index (χ0v) is 13.7. The fourth-order valence-electron chi connectivity index (χ4n) is 2.95. The van der Waals surface area contributed by atoms with Gasteiger partial charge >= 0.3 is 0 Å². The molecule has 2 unspecified atom stereocenters. The van der Waals surface area contributed by atoms with Crippen molar-refractivity contribution >= 4 is 17.5 Å². The molecule has 0 spiro atoms. The fraction of sp³-hybridized carbons (Fsp3) is 0.412. The Kier molecular flexibility index (Phi) is 4.68. The van der Waals surface area contributed by atoms with Crippen molar-refractivity contribution in [2.75, 3.05) is 13.1 Å². The van der Waals surface area contributed by atoms with Crippen molar-refractivity contribution in [3.05, 3.63) is 52.4 Å². The van der Waals surface area contributed by atoms with Crippen molar-refractivity contribution in [1.82, 2.24) is 10.1 Å². The van der Waals surface area contributed by atoms with Crippen LogP contribution in [0.3, 0.4) is 0 Å². The van der Waals surface area contributed by atoms with Gasteiger partial charge in [0.15, 0.2) is 0 Å². The van der Waals surface area contributed by atoms with E-state index in [-0.39, 0.29) is 18.2 Å². The fourth-order valence-corrected chi connectivity index (χ4v) is 3.15. The summed E-state index contributed by atoms with van der Waals surface area (Å²) in [5.74, 6) is 0.692. The van der Waals surface area contributed by atoms with E-state index < -0.39 is 6.10 Å². The number of carbonyl (C=O) groups excluding carboxylic acids is 1. The number of aliphatic hydroxyl groups excluding tert-OH is 1. The summed E-state index contributed by atoms with van der Waals surface area (Å²) in [5.41, 5.74) is 1.63. The van der Waals surface area contributed by atoms with Gasteiger partial charge in [0.2, 0.25) is 5.91 Å². The maximum Gasteiger partial charge on any atom is 0.227 e. The Morgan fingerprint density at radius 2 is 2.22 bits per heavy atom. The van der Waals surface area contributed by atoms with Crippen LogP contribution in [0.1, 0.15) is 17.0 Å². The molecule has 1 amide bonds. The molecule has 1 aromatic carbocycles. The molecule has 0 bridgehead atoms. The molecule has 5 nitrogen and oxygen atoms in total. The smallest absolute Gasteiger partial charge is 0.227 e. The molecule has 23 heavy (non-hydrogen) atoms. The molecule has 2 heterocycles. The van der Waals surface area contributed by atoms with E-state index >= 15 is 0 Å². The van der Waals surface area contributed by atoms with Gasteiger partial charge in [0.05, 0.1) is 18.2 Å². The van der Waals surface area contributed by atoms with E-state index in [0.717, 1.165) is 17.0 Å². The Bertz CT molecular complexity index is 701. The zero-order valence-electron chi connectivity index (χ0n) is 12.9. The first kappa shape index (κ1) is 16.0. The van der Waals surface area contributed by atoms with Crippen molar-refractivity contribution in [2.45, 2.75) is 25.9 Å². The van der Waals surface area contributed by atoms with Gasteiger partial charge in [-0.25, -0.2) is 0 Å². The van der Waals surface area contributed by atoms with Gasteiger partial charge in [-0.2, -0.15) is 0 Å². The van der Waals surface area contributed by atoms with Gasteiger partial charge in [0, 0.05) is 36.5 Å². The number of amides is 1. The topological polar surface area (TPSA) is 66.6 Å². The highest BCUT2D eigenvalue weighted by Crippen LogP contribution is 2.24. The number of likely N-dealkylation sites (tertiary alicyclic amines) is 1.